The van der Waals surface area contributed by atoms with Crippen LogP contribution < -0.4 is 5.32 Å². The van der Waals surface area contributed by atoms with Gasteiger partial charge in [-0.2, -0.15) is 15.4 Å². The van der Waals surface area contributed by atoms with Crippen LogP contribution in [0.5, 0.6) is 0 Å². The highest BCUT2D eigenvalue weighted by molar-refractivity contribution is 5.92. The fourth-order valence-corrected chi connectivity index (χ4v) is 3.81. The lowest BCUT2D eigenvalue weighted by Crippen LogP contribution is -2.35. The number of fused-ring (bicyclic) bond motifs is 5. The van der Waals surface area contributed by atoms with E-state index in [1.54, 1.807) is 0 Å². The zero-order chi connectivity index (χ0) is 11.4. The van der Waals surface area contributed by atoms with Crippen molar-refractivity contribution < 1.29 is 4.79 Å². The Bertz CT molecular complexity index is 427. The monoisotopic (exact) mass is 233 g/mol. The van der Waals surface area contributed by atoms with E-state index in [1.807, 2.05) is 4.90 Å². The summed E-state index contributed by atoms with van der Waals surface area (Å²) < 4.78 is 0. The molecule has 0 radical (unpaired) electrons. The van der Waals surface area contributed by atoms with Crippen LogP contribution in [0.4, 0.5) is 0 Å². The van der Waals surface area contributed by atoms with Gasteiger partial charge in [0.05, 0.1) is 6.20 Å². The van der Waals surface area contributed by atoms with Crippen LogP contribution in [0.25, 0.3) is 0 Å². The van der Waals surface area contributed by atoms with Gasteiger partial charge < -0.3 is 10.2 Å². The van der Waals surface area contributed by atoms with E-state index >= 15 is 0 Å². The van der Waals surface area contributed by atoms with Crippen molar-refractivity contribution in [1.29, 1.82) is 0 Å². The number of carbonyl (C=O) groups is 1. The predicted octanol–water partition coefficient (Wildman–Crippen LogP) is -0.373. The number of carbonyl (C=O) groups excluding carboxylic acids is 1. The number of hydrogen-bond acceptors (Lipinski definition) is 4. The highest BCUT2D eigenvalue weighted by atomic mass is 16.2. The first-order chi connectivity index (χ1) is 8.33. The summed E-state index contributed by atoms with van der Waals surface area (Å²) in [5.41, 5.74) is 0.435. The molecular formula is C11H15N5O. The summed E-state index contributed by atoms with van der Waals surface area (Å²) in [5.74, 6) is 1.33. The van der Waals surface area contributed by atoms with Crippen LogP contribution in [0.1, 0.15) is 23.3 Å². The number of nitrogens with zero attached hydrogens (tertiary/aromatic N) is 3. The number of hydrogen-bond donors (Lipinski definition) is 2. The first-order valence-corrected chi connectivity index (χ1v) is 6.24. The molecule has 0 aromatic carbocycles. The zero-order valence-corrected chi connectivity index (χ0v) is 9.47. The molecule has 3 aliphatic heterocycles. The van der Waals surface area contributed by atoms with Gasteiger partial charge in [0, 0.05) is 25.2 Å². The van der Waals surface area contributed by atoms with Crippen molar-refractivity contribution in [2.24, 2.45) is 11.8 Å². The number of amides is 1. The molecule has 90 valence electrons. The molecule has 2 bridgehead atoms. The fraction of sp³-hybridized carbons (Fsp3) is 0.727. The van der Waals surface area contributed by atoms with Gasteiger partial charge in [0.1, 0.15) is 0 Å². The molecule has 4 atom stereocenters. The Labute approximate surface area is 98.8 Å². The number of nitrogens with one attached hydrogen (secondary N) is 2. The SMILES string of the molecule is O=C(c1cn[nH]n1)N1C[C@@H]2[C@H](C1)[C@@H]1CC[C@H]2N1. The van der Waals surface area contributed by atoms with Gasteiger partial charge in [-0.05, 0) is 24.7 Å². The quantitative estimate of drug-likeness (QED) is 0.694. The molecule has 4 rings (SSSR count). The van der Waals surface area contributed by atoms with Crippen LogP contribution in [-0.4, -0.2) is 51.4 Å². The summed E-state index contributed by atoms with van der Waals surface area (Å²) in [4.78, 5) is 14.1. The van der Waals surface area contributed by atoms with E-state index in [0.717, 1.165) is 13.1 Å². The molecule has 17 heavy (non-hydrogen) atoms. The molecule has 1 aromatic rings. The second kappa shape index (κ2) is 3.29. The molecule has 3 saturated heterocycles. The Morgan fingerprint density at radius 2 is 2.00 bits per heavy atom. The first-order valence-electron chi connectivity index (χ1n) is 6.24. The first kappa shape index (κ1) is 9.58. The molecule has 2 N–H and O–H groups in total. The van der Waals surface area contributed by atoms with Crippen LogP contribution in [0.15, 0.2) is 6.20 Å². The highest BCUT2D eigenvalue weighted by Crippen LogP contribution is 2.43. The van der Waals surface area contributed by atoms with E-state index in [2.05, 4.69) is 20.7 Å². The minimum atomic E-state index is 0.0209. The summed E-state index contributed by atoms with van der Waals surface area (Å²) in [6, 6.07) is 1.28. The minimum absolute atomic E-state index is 0.0209. The van der Waals surface area contributed by atoms with E-state index in [9.17, 15) is 4.79 Å². The lowest BCUT2D eigenvalue weighted by molar-refractivity contribution is 0.0773. The lowest BCUT2D eigenvalue weighted by atomic mass is 9.82. The van der Waals surface area contributed by atoms with Crippen molar-refractivity contribution in [2.45, 2.75) is 24.9 Å². The van der Waals surface area contributed by atoms with E-state index in [4.69, 9.17) is 0 Å². The number of rotatable bonds is 1. The van der Waals surface area contributed by atoms with Crippen LogP contribution in [0.2, 0.25) is 0 Å². The van der Waals surface area contributed by atoms with Crippen LogP contribution in [0.3, 0.4) is 0 Å². The van der Waals surface area contributed by atoms with Crippen molar-refractivity contribution in [3.8, 4) is 0 Å². The number of aromatic amines is 1. The average Bonchev–Trinajstić information content (AvgIpc) is 3.10. The smallest absolute Gasteiger partial charge is 0.276 e. The normalized spacial score (nSPS) is 38.7. The molecule has 3 aliphatic rings. The third-order valence-corrected chi connectivity index (χ3v) is 4.58. The predicted molar refractivity (Wildman–Crippen MR) is 59.2 cm³/mol. The third kappa shape index (κ3) is 1.27. The number of aromatic nitrogens is 3. The molecule has 1 amide bonds. The molecule has 0 spiro atoms. The lowest BCUT2D eigenvalue weighted by Gasteiger charge is -2.19. The van der Waals surface area contributed by atoms with Gasteiger partial charge in [-0.3, -0.25) is 4.79 Å². The molecule has 6 nitrogen and oxygen atoms in total. The Balaban J connectivity index is 1.54. The maximum atomic E-state index is 12.2. The molecule has 0 unspecified atom stereocenters. The van der Waals surface area contributed by atoms with Gasteiger partial charge in [0.25, 0.3) is 5.91 Å². The van der Waals surface area contributed by atoms with Gasteiger partial charge >= 0.3 is 0 Å². The van der Waals surface area contributed by atoms with Crippen LogP contribution in [0, 0.1) is 11.8 Å². The van der Waals surface area contributed by atoms with Crippen LogP contribution in [-0.2, 0) is 0 Å². The summed E-state index contributed by atoms with van der Waals surface area (Å²) >= 11 is 0. The van der Waals surface area contributed by atoms with E-state index in [-0.39, 0.29) is 5.91 Å². The van der Waals surface area contributed by atoms with Gasteiger partial charge in [-0.1, -0.05) is 0 Å². The number of H-pyrrole nitrogens is 1. The largest absolute Gasteiger partial charge is 0.337 e. The minimum Gasteiger partial charge on any atom is -0.337 e. The van der Waals surface area contributed by atoms with Crippen molar-refractivity contribution in [3.05, 3.63) is 11.9 Å². The standard InChI is InChI=1S/C11H15N5O/c17-11(10-3-12-15-14-10)16-4-6-7(5-16)9-2-1-8(6)13-9/h3,6-9,13H,1-2,4-5H2,(H,12,14,15)/t6-,7+,8-,9+. The van der Waals surface area contributed by atoms with Gasteiger partial charge in [0.2, 0.25) is 0 Å². The summed E-state index contributed by atoms with van der Waals surface area (Å²) in [6.45, 7) is 1.76. The zero-order valence-electron chi connectivity index (χ0n) is 9.47. The Hall–Kier alpha value is -1.43. The molecule has 0 aliphatic carbocycles. The fourth-order valence-electron chi connectivity index (χ4n) is 3.81. The molecule has 0 saturated carbocycles. The van der Waals surface area contributed by atoms with Crippen molar-refractivity contribution in [3.63, 3.8) is 0 Å². The Morgan fingerprint density at radius 1 is 1.29 bits per heavy atom. The van der Waals surface area contributed by atoms with Gasteiger partial charge in [-0.25, -0.2) is 0 Å². The van der Waals surface area contributed by atoms with E-state index < -0.39 is 0 Å². The van der Waals surface area contributed by atoms with Crippen molar-refractivity contribution in [1.82, 2.24) is 25.6 Å². The van der Waals surface area contributed by atoms with Gasteiger partial charge in [-0.15, -0.1) is 0 Å². The third-order valence-electron chi connectivity index (χ3n) is 4.58. The summed E-state index contributed by atoms with van der Waals surface area (Å²) in [6.07, 6.45) is 4.05. The maximum Gasteiger partial charge on any atom is 0.276 e. The summed E-state index contributed by atoms with van der Waals surface area (Å²) in [7, 11) is 0. The van der Waals surface area contributed by atoms with Crippen molar-refractivity contribution in [2.75, 3.05) is 13.1 Å². The Kier molecular flexibility index (Phi) is 1.85. The molecular weight excluding hydrogens is 218 g/mol. The maximum absolute atomic E-state index is 12.2. The molecule has 4 heterocycles. The second-order valence-electron chi connectivity index (χ2n) is 5.35. The number of likely N-dealkylation sites (tertiary alicyclic amines) is 1. The molecule has 3 fully saturated rings. The average molecular weight is 233 g/mol. The highest BCUT2D eigenvalue weighted by Gasteiger charge is 2.52. The van der Waals surface area contributed by atoms with Crippen molar-refractivity contribution >= 4 is 5.91 Å². The van der Waals surface area contributed by atoms with E-state index in [0.29, 0.717) is 29.6 Å². The van der Waals surface area contributed by atoms with Crippen LogP contribution >= 0.6 is 0 Å². The molecule has 1 aromatic heterocycles. The second-order valence-corrected chi connectivity index (χ2v) is 5.35. The van der Waals surface area contributed by atoms with Gasteiger partial charge in [0.15, 0.2) is 5.69 Å². The topological polar surface area (TPSA) is 73.9 Å². The Morgan fingerprint density at radius 3 is 2.59 bits per heavy atom. The summed E-state index contributed by atoms with van der Waals surface area (Å²) in [5, 5.41) is 13.7. The molecule has 6 heteroatoms. The van der Waals surface area contributed by atoms with E-state index in [1.165, 1.54) is 19.0 Å².